The lowest BCUT2D eigenvalue weighted by atomic mass is 10.0. The Labute approximate surface area is 105 Å². The van der Waals surface area contributed by atoms with E-state index in [1.807, 2.05) is 6.92 Å². The molecule has 0 radical (unpaired) electrons. The van der Waals surface area contributed by atoms with Gasteiger partial charge in [0.15, 0.2) is 0 Å². The van der Waals surface area contributed by atoms with E-state index in [1.54, 1.807) is 24.3 Å². The lowest BCUT2D eigenvalue weighted by Gasteiger charge is -2.18. The SMILES string of the molecule is CCOc1cccc(C(O)C(O)CCN=[N+]=[N-])c1. The Kier molecular flexibility index (Phi) is 6.00. The largest absolute Gasteiger partial charge is 0.494 e. The average Bonchev–Trinajstić information content (AvgIpc) is 2.39. The first kappa shape index (κ1) is 14.3. The summed E-state index contributed by atoms with van der Waals surface area (Å²) in [6.07, 6.45) is -1.77. The topological polar surface area (TPSA) is 98.5 Å². The zero-order chi connectivity index (χ0) is 13.4. The normalized spacial score (nSPS) is 13.5. The molecule has 0 saturated carbocycles. The smallest absolute Gasteiger partial charge is 0.119 e. The summed E-state index contributed by atoms with van der Waals surface area (Å²) >= 11 is 0. The van der Waals surface area contributed by atoms with Crippen molar-refractivity contribution in [3.05, 3.63) is 40.3 Å². The quantitative estimate of drug-likeness (QED) is 0.441. The van der Waals surface area contributed by atoms with Crippen molar-refractivity contribution in [2.75, 3.05) is 13.2 Å². The molecule has 0 aliphatic carbocycles. The van der Waals surface area contributed by atoms with Crippen molar-refractivity contribution >= 4 is 0 Å². The van der Waals surface area contributed by atoms with Crippen molar-refractivity contribution in [2.45, 2.75) is 25.6 Å². The van der Waals surface area contributed by atoms with Crippen LogP contribution in [0.15, 0.2) is 29.4 Å². The Morgan fingerprint density at radius 3 is 2.89 bits per heavy atom. The first-order valence-electron chi connectivity index (χ1n) is 5.78. The molecular formula is C12H17N3O3. The van der Waals surface area contributed by atoms with Crippen molar-refractivity contribution in [2.24, 2.45) is 5.11 Å². The number of ether oxygens (including phenoxy) is 1. The molecule has 1 rings (SSSR count). The Bertz CT molecular complexity index is 419. The van der Waals surface area contributed by atoms with E-state index in [0.717, 1.165) is 0 Å². The maximum Gasteiger partial charge on any atom is 0.119 e. The van der Waals surface area contributed by atoms with Crippen molar-refractivity contribution < 1.29 is 14.9 Å². The molecule has 0 aliphatic rings. The van der Waals surface area contributed by atoms with E-state index in [1.165, 1.54) is 0 Å². The van der Waals surface area contributed by atoms with E-state index in [-0.39, 0.29) is 13.0 Å². The van der Waals surface area contributed by atoms with Gasteiger partial charge in [-0.3, -0.25) is 0 Å². The molecule has 18 heavy (non-hydrogen) atoms. The predicted molar refractivity (Wildman–Crippen MR) is 67.2 cm³/mol. The molecule has 2 atom stereocenters. The van der Waals surface area contributed by atoms with E-state index >= 15 is 0 Å². The maximum absolute atomic E-state index is 9.94. The fourth-order valence-corrected chi connectivity index (χ4v) is 1.57. The van der Waals surface area contributed by atoms with Gasteiger partial charge in [0.05, 0.1) is 12.7 Å². The van der Waals surface area contributed by atoms with Crippen LogP contribution < -0.4 is 4.74 Å². The van der Waals surface area contributed by atoms with Crippen LogP contribution in [0.25, 0.3) is 10.4 Å². The Hall–Kier alpha value is -1.75. The third-order valence-electron chi connectivity index (χ3n) is 2.46. The van der Waals surface area contributed by atoms with E-state index < -0.39 is 12.2 Å². The van der Waals surface area contributed by atoms with Gasteiger partial charge in [0.25, 0.3) is 0 Å². The number of benzene rings is 1. The van der Waals surface area contributed by atoms with Crippen LogP contribution in [-0.2, 0) is 0 Å². The van der Waals surface area contributed by atoms with Crippen LogP contribution in [0.5, 0.6) is 5.75 Å². The Balaban J connectivity index is 2.66. The van der Waals surface area contributed by atoms with Gasteiger partial charge in [-0.25, -0.2) is 0 Å². The molecule has 0 amide bonds. The summed E-state index contributed by atoms with van der Waals surface area (Å²) < 4.78 is 5.32. The van der Waals surface area contributed by atoms with E-state index in [2.05, 4.69) is 10.0 Å². The Morgan fingerprint density at radius 1 is 1.44 bits per heavy atom. The van der Waals surface area contributed by atoms with Crippen LogP contribution in [0.2, 0.25) is 0 Å². The number of aliphatic hydroxyl groups is 2. The van der Waals surface area contributed by atoms with Gasteiger partial charge in [-0.15, -0.1) is 0 Å². The van der Waals surface area contributed by atoms with Gasteiger partial charge in [0.1, 0.15) is 11.9 Å². The highest BCUT2D eigenvalue weighted by molar-refractivity contribution is 5.30. The minimum absolute atomic E-state index is 0.153. The minimum atomic E-state index is -1.01. The van der Waals surface area contributed by atoms with Crippen LogP contribution in [0, 0.1) is 0 Å². The van der Waals surface area contributed by atoms with Gasteiger partial charge in [0, 0.05) is 11.5 Å². The van der Waals surface area contributed by atoms with Gasteiger partial charge in [-0.1, -0.05) is 17.2 Å². The highest BCUT2D eigenvalue weighted by Gasteiger charge is 2.18. The molecule has 6 heteroatoms. The second kappa shape index (κ2) is 7.55. The monoisotopic (exact) mass is 251 g/mol. The predicted octanol–water partition coefficient (Wildman–Crippen LogP) is 2.18. The van der Waals surface area contributed by atoms with Crippen molar-refractivity contribution in [3.63, 3.8) is 0 Å². The number of hydrogen-bond donors (Lipinski definition) is 2. The molecule has 0 fully saturated rings. The third kappa shape index (κ3) is 4.25. The van der Waals surface area contributed by atoms with Gasteiger partial charge >= 0.3 is 0 Å². The summed E-state index contributed by atoms with van der Waals surface area (Å²) in [4.78, 5) is 2.59. The summed E-state index contributed by atoms with van der Waals surface area (Å²) in [6.45, 7) is 2.57. The molecule has 0 aromatic heterocycles. The second-order valence-electron chi connectivity index (χ2n) is 3.76. The fraction of sp³-hybridized carbons (Fsp3) is 0.500. The number of aliphatic hydroxyl groups excluding tert-OH is 2. The summed E-state index contributed by atoms with van der Waals surface area (Å²) in [5, 5.41) is 23.0. The first-order valence-corrected chi connectivity index (χ1v) is 5.78. The van der Waals surface area contributed by atoms with Gasteiger partial charge in [-0.05, 0) is 36.6 Å². The van der Waals surface area contributed by atoms with Crippen molar-refractivity contribution in [1.82, 2.24) is 0 Å². The number of rotatable bonds is 7. The number of hydrogen-bond acceptors (Lipinski definition) is 4. The molecule has 1 aromatic carbocycles. The van der Waals surface area contributed by atoms with Crippen LogP contribution >= 0.6 is 0 Å². The average molecular weight is 251 g/mol. The van der Waals surface area contributed by atoms with Crippen LogP contribution in [0.4, 0.5) is 0 Å². The van der Waals surface area contributed by atoms with Gasteiger partial charge < -0.3 is 14.9 Å². The van der Waals surface area contributed by atoms with Crippen LogP contribution in [-0.4, -0.2) is 29.5 Å². The van der Waals surface area contributed by atoms with E-state index in [0.29, 0.717) is 17.9 Å². The molecule has 0 spiro atoms. The standard InChI is InChI=1S/C12H17N3O3/c1-2-18-10-5-3-4-9(8-10)12(17)11(16)6-7-14-15-13/h3-5,8,11-12,16-17H,2,6-7H2,1H3. The molecule has 2 N–H and O–H groups in total. The van der Waals surface area contributed by atoms with E-state index in [4.69, 9.17) is 10.3 Å². The highest BCUT2D eigenvalue weighted by atomic mass is 16.5. The fourth-order valence-electron chi connectivity index (χ4n) is 1.57. The van der Waals surface area contributed by atoms with Crippen molar-refractivity contribution in [3.8, 4) is 5.75 Å². The van der Waals surface area contributed by atoms with Gasteiger partial charge in [-0.2, -0.15) is 0 Å². The highest BCUT2D eigenvalue weighted by Crippen LogP contribution is 2.23. The summed E-state index contributed by atoms with van der Waals surface area (Å²) in [6, 6.07) is 6.94. The molecule has 0 heterocycles. The Morgan fingerprint density at radius 2 is 2.22 bits per heavy atom. The molecule has 6 nitrogen and oxygen atoms in total. The summed E-state index contributed by atoms with van der Waals surface area (Å²) in [5.74, 6) is 0.649. The maximum atomic E-state index is 9.94. The minimum Gasteiger partial charge on any atom is -0.494 e. The van der Waals surface area contributed by atoms with Crippen LogP contribution in [0.1, 0.15) is 25.0 Å². The van der Waals surface area contributed by atoms with Crippen LogP contribution in [0.3, 0.4) is 0 Å². The van der Waals surface area contributed by atoms with E-state index in [9.17, 15) is 10.2 Å². The molecular weight excluding hydrogens is 234 g/mol. The number of azide groups is 1. The number of nitrogens with zero attached hydrogens (tertiary/aromatic N) is 3. The third-order valence-corrected chi connectivity index (χ3v) is 2.46. The lowest BCUT2D eigenvalue weighted by Crippen LogP contribution is -2.19. The molecule has 2 unspecified atom stereocenters. The van der Waals surface area contributed by atoms with Gasteiger partial charge in [0.2, 0.25) is 0 Å². The zero-order valence-electron chi connectivity index (χ0n) is 10.2. The lowest BCUT2D eigenvalue weighted by molar-refractivity contribution is 0.0149. The summed E-state index contributed by atoms with van der Waals surface area (Å²) in [7, 11) is 0. The zero-order valence-corrected chi connectivity index (χ0v) is 10.2. The van der Waals surface area contributed by atoms with Crippen molar-refractivity contribution in [1.29, 1.82) is 0 Å². The molecule has 0 bridgehead atoms. The molecule has 0 aliphatic heterocycles. The second-order valence-corrected chi connectivity index (χ2v) is 3.76. The first-order chi connectivity index (χ1) is 8.69. The molecule has 1 aromatic rings. The summed E-state index contributed by atoms with van der Waals surface area (Å²) in [5.41, 5.74) is 8.71. The molecule has 98 valence electrons. The molecule has 0 saturated heterocycles.